The first-order valence-corrected chi connectivity index (χ1v) is 13.5. The number of aliphatic hydroxyl groups is 4. The van der Waals surface area contributed by atoms with E-state index in [1.807, 2.05) is 4.98 Å². The number of aromatic nitrogens is 2. The highest BCUT2D eigenvalue weighted by atomic mass is 31.3. The van der Waals surface area contributed by atoms with Crippen LogP contribution in [-0.2, 0) is 32.0 Å². The van der Waals surface area contributed by atoms with Gasteiger partial charge in [-0.05, 0) is 5.53 Å². The molecular formula is C15H24N6O15P2. The van der Waals surface area contributed by atoms with Gasteiger partial charge in [0.15, 0.2) is 12.5 Å². The number of H-pyrrole nitrogens is 1. The number of phosphoric acid groups is 2. The number of hydrogen-bond donors (Lipinski definition) is 8. The van der Waals surface area contributed by atoms with Gasteiger partial charge in [0.25, 0.3) is 5.56 Å². The van der Waals surface area contributed by atoms with Crippen molar-refractivity contribution in [1.29, 1.82) is 0 Å². The number of phosphoric ester groups is 2. The van der Waals surface area contributed by atoms with Gasteiger partial charge in [-0.3, -0.25) is 23.4 Å². The molecule has 38 heavy (non-hydrogen) atoms. The second-order valence-corrected chi connectivity index (χ2v) is 11.0. The Kier molecular flexibility index (Phi) is 9.64. The number of nitrogens with one attached hydrogen (secondary N) is 1. The van der Waals surface area contributed by atoms with Crippen molar-refractivity contribution in [3.63, 3.8) is 0 Å². The number of nitrogens with zero attached hydrogens (tertiary/aromatic N) is 4. The summed E-state index contributed by atoms with van der Waals surface area (Å²) in [6, 6.07) is -0.727. The molecule has 0 bridgehead atoms. The normalized spacial score (nSPS) is 36.7. The maximum atomic E-state index is 12.3. The molecule has 23 heteroatoms. The van der Waals surface area contributed by atoms with E-state index in [1.54, 1.807) is 0 Å². The van der Waals surface area contributed by atoms with Gasteiger partial charge in [-0.15, -0.1) is 0 Å². The van der Waals surface area contributed by atoms with E-state index in [1.165, 1.54) is 0 Å². The molecule has 1 aromatic rings. The number of rotatable bonds is 10. The molecule has 214 valence electrons. The fourth-order valence-electron chi connectivity index (χ4n) is 3.51. The van der Waals surface area contributed by atoms with Gasteiger partial charge in [-0.2, -0.15) is 4.31 Å². The van der Waals surface area contributed by atoms with Crippen LogP contribution < -0.4 is 17.0 Å². The zero-order valence-electron chi connectivity index (χ0n) is 18.9. The molecule has 11 atom stereocenters. The van der Waals surface area contributed by atoms with Crippen molar-refractivity contribution in [2.75, 3.05) is 13.2 Å². The molecule has 1 aromatic heterocycles. The highest BCUT2D eigenvalue weighted by Gasteiger charge is 2.49. The molecule has 21 nitrogen and oxygen atoms in total. The van der Waals surface area contributed by atoms with Crippen molar-refractivity contribution < 1.29 is 62.2 Å². The zero-order chi connectivity index (χ0) is 28.4. The number of aromatic amines is 1. The molecule has 2 unspecified atom stereocenters. The first kappa shape index (κ1) is 30.5. The average molecular weight is 590 g/mol. The molecule has 2 saturated heterocycles. The third-order valence-corrected chi connectivity index (χ3v) is 7.98. The maximum absolute atomic E-state index is 12.3. The SMILES string of the molecule is [N-]=[N+]=NC[C@H]1O[C@H](OP(=O)(O)OP(=O)(O)OC[C@H]2O[C@@H](n3ccc(=O)[nH]c3=O)[C@H](O)[C@@H]2O)[C@H](N)[C@@H](O)[C@@H]1O. The van der Waals surface area contributed by atoms with E-state index >= 15 is 0 Å². The Balaban J connectivity index is 1.62. The lowest BCUT2D eigenvalue weighted by molar-refractivity contribution is -0.232. The molecule has 9 N–H and O–H groups in total. The van der Waals surface area contributed by atoms with E-state index in [9.17, 15) is 48.9 Å². The van der Waals surface area contributed by atoms with Crippen molar-refractivity contribution in [2.45, 2.75) is 55.2 Å². The minimum Gasteiger partial charge on any atom is -0.388 e. The topological polar surface area (TPSA) is 331 Å². The summed E-state index contributed by atoms with van der Waals surface area (Å²) in [7, 11) is -11.0. The number of hydrogen-bond acceptors (Lipinski definition) is 15. The molecule has 3 heterocycles. The van der Waals surface area contributed by atoms with Crippen LogP contribution in [0.25, 0.3) is 10.4 Å². The number of azide groups is 1. The lowest BCUT2D eigenvalue weighted by Gasteiger charge is -2.40. The van der Waals surface area contributed by atoms with E-state index in [-0.39, 0.29) is 0 Å². The van der Waals surface area contributed by atoms with Crippen LogP contribution >= 0.6 is 15.6 Å². The lowest BCUT2D eigenvalue weighted by Crippen LogP contribution is -2.62. The lowest BCUT2D eigenvalue weighted by atomic mass is 9.98. The Hall–Kier alpha value is -2.03. The van der Waals surface area contributed by atoms with E-state index in [4.69, 9.17) is 20.7 Å². The van der Waals surface area contributed by atoms with Crippen molar-refractivity contribution in [3.05, 3.63) is 43.5 Å². The Labute approximate surface area is 210 Å². The summed E-state index contributed by atoms with van der Waals surface area (Å²) in [5.74, 6) is 0. The predicted octanol–water partition coefficient (Wildman–Crippen LogP) is -3.51. The summed E-state index contributed by atoms with van der Waals surface area (Å²) in [4.78, 5) is 47.2. The molecule has 0 aliphatic carbocycles. The second-order valence-electron chi connectivity index (χ2n) is 8.00. The summed E-state index contributed by atoms with van der Waals surface area (Å²) in [5.41, 5.74) is 12.3. The molecule has 2 fully saturated rings. The molecule has 0 spiro atoms. The molecule has 0 aromatic carbocycles. The Bertz CT molecular complexity index is 1250. The third-order valence-electron chi connectivity index (χ3n) is 5.38. The summed E-state index contributed by atoms with van der Waals surface area (Å²) < 4.78 is 48.9. The summed E-state index contributed by atoms with van der Waals surface area (Å²) >= 11 is 0. The molecule has 0 saturated carbocycles. The summed E-state index contributed by atoms with van der Waals surface area (Å²) in [6.45, 7) is -1.56. The standard InChI is InChI=1S/C15H24N6O15P2/c16-8-11(25)9(23)5(3-18-20-17)34-14(8)35-38(30,31)36-37(28,29)32-4-6-10(24)12(26)13(33-6)21-2-1-7(22)19-15(21)27/h1-2,5-6,8-14,23-26H,3-4,16H2,(H,28,29)(H,30,31)(H,19,22,27)/t5-,6-,8-,9-,10-,11-,12-,13-,14-/m1/s1. The first-order valence-electron chi connectivity index (χ1n) is 10.5. The molecule has 3 rings (SSSR count). The molecule has 0 amide bonds. The smallest absolute Gasteiger partial charge is 0.388 e. The fourth-order valence-corrected chi connectivity index (χ4v) is 5.69. The van der Waals surface area contributed by atoms with Gasteiger partial charge in [0.05, 0.1) is 25.3 Å². The monoisotopic (exact) mass is 590 g/mol. The summed E-state index contributed by atoms with van der Waals surface area (Å²) in [5, 5.41) is 43.4. The highest BCUT2D eigenvalue weighted by Crippen LogP contribution is 2.61. The minimum atomic E-state index is -5.55. The van der Waals surface area contributed by atoms with Gasteiger partial charge >= 0.3 is 21.3 Å². The van der Waals surface area contributed by atoms with Crippen LogP contribution in [0.2, 0.25) is 0 Å². The van der Waals surface area contributed by atoms with E-state index < -0.39 is 95.2 Å². The van der Waals surface area contributed by atoms with Crippen molar-refractivity contribution in [2.24, 2.45) is 10.8 Å². The van der Waals surface area contributed by atoms with Gasteiger partial charge in [0.2, 0.25) is 0 Å². The van der Waals surface area contributed by atoms with E-state index in [0.29, 0.717) is 0 Å². The number of aliphatic hydroxyl groups excluding tert-OH is 4. The van der Waals surface area contributed by atoms with Gasteiger partial charge in [0, 0.05) is 17.2 Å². The van der Waals surface area contributed by atoms with Crippen molar-refractivity contribution in [3.8, 4) is 0 Å². The maximum Gasteiger partial charge on any atom is 0.483 e. The third kappa shape index (κ3) is 7.13. The van der Waals surface area contributed by atoms with Gasteiger partial charge < -0.3 is 45.4 Å². The molecule has 2 aliphatic rings. The van der Waals surface area contributed by atoms with Crippen LogP contribution in [0.5, 0.6) is 0 Å². The number of ether oxygens (including phenoxy) is 2. The largest absolute Gasteiger partial charge is 0.483 e. The Morgan fingerprint density at radius 2 is 1.74 bits per heavy atom. The van der Waals surface area contributed by atoms with Crippen molar-refractivity contribution >= 4 is 15.6 Å². The van der Waals surface area contributed by atoms with Crippen LogP contribution in [0.15, 0.2) is 27.0 Å². The van der Waals surface area contributed by atoms with Crippen LogP contribution in [0.1, 0.15) is 6.23 Å². The van der Waals surface area contributed by atoms with Gasteiger partial charge in [-0.1, -0.05) is 5.11 Å². The summed E-state index contributed by atoms with van der Waals surface area (Å²) in [6.07, 6.45) is -12.6. The van der Waals surface area contributed by atoms with Crippen LogP contribution in [0, 0.1) is 0 Å². The zero-order valence-corrected chi connectivity index (χ0v) is 20.7. The van der Waals surface area contributed by atoms with E-state index in [0.717, 1.165) is 16.8 Å². The van der Waals surface area contributed by atoms with Gasteiger partial charge in [0.1, 0.15) is 30.5 Å². The fraction of sp³-hybridized carbons (Fsp3) is 0.733. The number of nitrogens with two attached hydrogens (primary N) is 1. The second kappa shape index (κ2) is 12.0. The van der Waals surface area contributed by atoms with Crippen LogP contribution in [0.3, 0.4) is 0 Å². The highest BCUT2D eigenvalue weighted by molar-refractivity contribution is 7.61. The minimum absolute atomic E-state index is 0.540. The quantitative estimate of drug-likeness (QED) is 0.0566. The first-order chi connectivity index (χ1) is 17.7. The average Bonchev–Trinajstić information content (AvgIpc) is 3.10. The van der Waals surface area contributed by atoms with Crippen LogP contribution in [-0.4, -0.2) is 102 Å². The predicted molar refractivity (Wildman–Crippen MR) is 118 cm³/mol. The van der Waals surface area contributed by atoms with Crippen LogP contribution in [0.4, 0.5) is 0 Å². The van der Waals surface area contributed by atoms with E-state index in [2.05, 4.69) is 23.4 Å². The van der Waals surface area contributed by atoms with Crippen molar-refractivity contribution in [1.82, 2.24) is 9.55 Å². The molecule has 2 aliphatic heterocycles. The Morgan fingerprint density at radius 1 is 1.08 bits per heavy atom. The Morgan fingerprint density at radius 3 is 2.37 bits per heavy atom. The molecular weight excluding hydrogens is 566 g/mol. The molecule has 0 radical (unpaired) electrons. The van der Waals surface area contributed by atoms with Gasteiger partial charge in [-0.25, -0.2) is 13.9 Å².